The van der Waals surface area contributed by atoms with E-state index in [0.717, 1.165) is 11.1 Å². The largest absolute Gasteiger partial charge is 0.307 e. The molecule has 0 radical (unpaired) electrons. The first-order chi connectivity index (χ1) is 10.1. The van der Waals surface area contributed by atoms with Crippen LogP contribution in [0.4, 0.5) is 4.39 Å². The second-order valence-electron chi connectivity index (χ2n) is 7.38. The zero-order valence-corrected chi connectivity index (χ0v) is 13.4. The summed E-state index contributed by atoms with van der Waals surface area (Å²) in [5.41, 5.74) is 2.49. The van der Waals surface area contributed by atoms with Crippen LogP contribution in [0, 0.1) is 18.2 Å². The van der Waals surface area contributed by atoms with Crippen LogP contribution < -0.4 is 5.32 Å². The van der Waals surface area contributed by atoms with Gasteiger partial charge in [-0.25, -0.2) is 4.39 Å². The fourth-order valence-corrected chi connectivity index (χ4v) is 4.35. The molecule has 1 unspecified atom stereocenters. The van der Waals surface area contributed by atoms with Crippen molar-refractivity contribution in [3.63, 3.8) is 0 Å². The van der Waals surface area contributed by atoms with Crippen molar-refractivity contribution >= 4 is 0 Å². The van der Waals surface area contributed by atoms with Gasteiger partial charge in [0.15, 0.2) is 0 Å². The third kappa shape index (κ3) is 3.31. The highest BCUT2D eigenvalue weighted by Crippen LogP contribution is 2.49. The van der Waals surface area contributed by atoms with Crippen molar-refractivity contribution in [3.05, 3.63) is 35.1 Å². The first kappa shape index (κ1) is 15.0. The maximum absolute atomic E-state index is 13.7. The molecule has 1 nitrogen and oxygen atoms in total. The lowest BCUT2D eigenvalue weighted by atomic mass is 9.71. The zero-order chi connectivity index (χ0) is 14.9. The van der Waals surface area contributed by atoms with E-state index in [1.54, 1.807) is 6.07 Å². The summed E-state index contributed by atoms with van der Waals surface area (Å²) in [6, 6.07) is 6.47. The van der Waals surface area contributed by atoms with E-state index in [2.05, 4.69) is 18.3 Å². The number of hydrogen-bond acceptors (Lipinski definition) is 1. The normalized spacial score (nSPS) is 23.6. The van der Waals surface area contributed by atoms with Crippen LogP contribution in [0.25, 0.3) is 0 Å². The van der Waals surface area contributed by atoms with Gasteiger partial charge in [0.1, 0.15) is 5.82 Å². The van der Waals surface area contributed by atoms with Crippen LogP contribution >= 0.6 is 0 Å². The SMILES string of the molecule is Cc1ccc(C(C)NC2CCC3(CCCC3)CC2)cc1F. The van der Waals surface area contributed by atoms with Crippen molar-refractivity contribution < 1.29 is 4.39 Å². The predicted molar refractivity (Wildman–Crippen MR) is 85.8 cm³/mol. The molecule has 0 heterocycles. The van der Waals surface area contributed by atoms with E-state index in [4.69, 9.17) is 0 Å². The van der Waals surface area contributed by atoms with Crippen molar-refractivity contribution in [2.45, 2.75) is 77.3 Å². The summed E-state index contributed by atoms with van der Waals surface area (Å²) in [4.78, 5) is 0. The zero-order valence-electron chi connectivity index (χ0n) is 13.4. The molecule has 2 aliphatic carbocycles. The van der Waals surface area contributed by atoms with E-state index in [0.29, 0.717) is 11.5 Å². The summed E-state index contributed by atoms with van der Waals surface area (Å²) in [5, 5.41) is 3.72. The van der Waals surface area contributed by atoms with Crippen LogP contribution in [0.15, 0.2) is 18.2 Å². The van der Waals surface area contributed by atoms with Crippen LogP contribution in [0.1, 0.15) is 75.5 Å². The van der Waals surface area contributed by atoms with Gasteiger partial charge in [-0.05, 0) is 75.0 Å². The lowest BCUT2D eigenvalue weighted by molar-refractivity contribution is 0.164. The van der Waals surface area contributed by atoms with Gasteiger partial charge in [-0.3, -0.25) is 0 Å². The van der Waals surface area contributed by atoms with Crippen molar-refractivity contribution in [1.29, 1.82) is 0 Å². The van der Waals surface area contributed by atoms with Gasteiger partial charge in [-0.15, -0.1) is 0 Å². The Morgan fingerprint density at radius 1 is 1.14 bits per heavy atom. The molecule has 0 bridgehead atoms. The number of hydrogen-bond donors (Lipinski definition) is 1. The number of rotatable bonds is 3. The van der Waals surface area contributed by atoms with E-state index in [-0.39, 0.29) is 11.9 Å². The molecule has 0 aromatic heterocycles. The first-order valence-electron chi connectivity index (χ1n) is 8.60. The molecule has 0 amide bonds. The fourth-order valence-electron chi connectivity index (χ4n) is 4.35. The Morgan fingerprint density at radius 3 is 2.43 bits per heavy atom. The van der Waals surface area contributed by atoms with E-state index >= 15 is 0 Å². The minimum Gasteiger partial charge on any atom is -0.307 e. The van der Waals surface area contributed by atoms with Crippen molar-refractivity contribution in [2.24, 2.45) is 5.41 Å². The highest BCUT2D eigenvalue weighted by molar-refractivity contribution is 5.25. The molecule has 3 rings (SSSR count). The van der Waals surface area contributed by atoms with Crippen LogP contribution in [0.2, 0.25) is 0 Å². The maximum Gasteiger partial charge on any atom is 0.126 e. The summed E-state index contributed by atoms with van der Waals surface area (Å²) in [6.07, 6.45) is 11.2. The average Bonchev–Trinajstić information content (AvgIpc) is 2.93. The molecule has 21 heavy (non-hydrogen) atoms. The molecule has 1 atom stereocenters. The molecule has 2 saturated carbocycles. The second-order valence-corrected chi connectivity index (χ2v) is 7.38. The van der Waals surface area contributed by atoms with Crippen LogP contribution in [-0.4, -0.2) is 6.04 Å². The summed E-state index contributed by atoms with van der Waals surface area (Å²) in [5.74, 6) is -0.0882. The quantitative estimate of drug-likeness (QED) is 0.797. The molecular formula is C19H28FN. The van der Waals surface area contributed by atoms with Gasteiger partial charge < -0.3 is 5.32 Å². The lowest BCUT2D eigenvalue weighted by Gasteiger charge is -2.38. The standard InChI is InChI=1S/C19H28FN/c1-14-5-6-16(13-18(14)20)15(2)21-17-7-11-19(12-8-17)9-3-4-10-19/h5-6,13,15,17,21H,3-4,7-12H2,1-2H3. The molecule has 1 N–H and O–H groups in total. The van der Waals surface area contributed by atoms with Gasteiger partial charge in [-0.1, -0.05) is 25.0 Å². The van der Waals surface area contributed by atoms with E-state index in [9.17, 15) is 4.39 Å². The minimum absolute atomic E-state index is 0.0882. The van der Waals surface area contributed by atoms with E-state index in [1.165, 1.54) is 51.4 Å². The average molecular weight is 289 g/mol. The Kier molecular flexibility index (Phi) is 4.35. The Hall–Kier alpha value is -0.890. The molecule has 0 aliphatic heterocycles. The third-order valence-corrected chi connectivity index (χ3v) is 5.89. The van der Waals surface area contributed by atoms with Crippen LogP contribution in [-0.2, 0) is 0 Å². The number of benzene rings is 1. The summed E-state index contributed by atoms with van der Waals surface area (Å²) in [6.45, 7) is 3.98. The summed E-state index contributed by atoms with van der Waals surface area (Å²) < 4.78 is 13.7. The predicted octanol–water partition coefficient (Wildman–Crippen LogP) is 5.29. The van der Waals surface area contributed by atoms with E-state index in [1.807, 2.05) is 13.0 Å². The third-order valence-electron chi connectivity index (χ3n) is 5.89. The highest BCUT2D eigenvalue weighted by atomic mass is 19.1. The molecule has 0 saturated heterocycles. The Balaban J connectivity index is 1.56. The van der Waals surface area contributed by atoms with Gasteiger partial charge >= 0.3 is 0 Å². The van der Waals surface area contributed by atoms with Gasteiger partial charge in [0.05, 0.1) is 0 Å². The molecule has 1 aromatic carbocycles. The Bertz CT molecular complexity index is 480. The number of halogens is 1. The molecule has 2 heteroatoms. The molecule has 1 spiro atoms. The van der Waals surface area contributed by atoms with Crippen molar-refractivity contribution in [1.82, 2.24) is 5.32 Å². The molecule has 1 aromatic rings. The Labute approximate surface area is 128 Å². The first-order valence-corrected chi connectivity index (χ1v) is 8.60. The van der Waals surface area contributed by atoms with Gasteiger partial charge in [0.2, 0.25) is 0 Å². The lowest BCUT2D eigenvalue weighted by Crippen LogP contribution is -2.38. The van der Waals surface area contributed by atoms with Crippen LogP contribution in [0.3, 0.4) is 0 Å². The van der Waals surface area contributed by atoms with Gasteiger partial charge in [0.25, 0.3) is 0 Å². The van der Waals surface area contributed by atoms with Crippen molar-refractivity contribution in [3.8, 4) is 0 Å². The smallest absolute Gasteiger partial charge is 0.126 e. The van der Waals surface area contributed by atoms with Gasteiger partial charge in [-0.2, -0.15) is 0 Å². The fraction of sp³-hybridized carbons (Fsp3) is 0.684. The molecule has 116 valence electrons. The van der Waals surface area contributed by atoms with E-state index < -0.39 is 0 Å². The van der Waals surface area contributed by atoms with Crippen molar-refractivity contribution in [2.75, 3.05) is 0 Å². The van der Waals surface area contributed by atoms with Gasteiger partial charge in [0, 0.05) is 12.1 Å². The number of nitrogens with one attached hydrogen (secondary N) is 1. The summed E-state index contributed by atoms with van der Waals surface area (Å²) >= 11 is 0. The topological polar surface area (TPSA) is 12.0 Å². The second kappa shape index (κ2) is 6.08. The minimum atomic E-state index is -0.0882. The molecule has 2 aliphatic rings. The molecule has 2 fully saturated rings. The highest BCUT2D eigenvalue weighted by Gasteiger charge is 2.37. The number of aryl methyl sites for hydroxylation is 1. The van der Waals surface area contributed by atoms with Crippen LogP contribution in [0.5, 0.6) is 0 Å². The monoisotopic (exact) mass is 289 g/mol. The maximum atomic E-state index is 13.7. The molecular weight excluding hydrogens is 261 g/mol. The summed E-state index contributed by atoms with van der Waals surface area (Å²) in [7, 11) is 0. The Morgan fingerprint density at radius 2 is 1.81 bits per heavy atom.